The zero-order valence-electron chi connectivity index (χ0n) is 10.0. The van der Waals surface area contributed by atoms with Crippen molar-refractivity contribution in [3.05, 3.63) is 44.5 Å². The van der Waals surface area contributed by atoms with E-state index in [1.54, 1.807) is 12.1 Å². The summed E-state index contributed by atoms with van der Waals surface area (Å²) < 4.78 is 1.39. The van der Waals surface area contributed by atoms with E-state index >= 15 is 0 Å². The van der Waals surface area contributed by atoms with Crippen molar-refractivity contribution in [3.8, 4) is 0 Å². The van der Waals surface area contributed by atoms with E-state index in [-0.39, 0.29) is 11.1 Å². The molecule has 6 heteroatoms. The van der Waals surface area contributed by atoms with Gasteiger partial charge < -0.3 is 14.7 Å². The Hall–Kier alpha value is -2.37. The monoisotopic (exact) mass is 260 g/mol. The van der Waals surface area contributed by atoms with Gasteiger partial charge in [0.2, 0.25) is 0 Å². The Labute approximate surface area is 107 Å². The molecule has 2 N–H and O–H groups in total. The van der Waals surface area contributed by atoms with Crippen molar-refractivity contribution in [1.29, 1.82) is 0 Å². The minimum Gasteiger partial charge on any atom is -0.478 e. The molecule has 1 aromatic heterocycles. The highest BCUT2D eigenvalue weighted by atomic mass is 16.4. The molecule has 6 nitrogen and oxygen atoms in total. The molecular formula is C13H12N2O4. The normalized spacial score (nSPS) is 14.7. The average molecular weight is 260 g/mol. The van der Waals surface area contributed by atoms with Gasteiger partial charge in [-0.2, -0.15) is 0 Å². The molecule has 0 spiro atoms. The molecule has 0 bridgehead atoms. The smallest absolute Gasteiger partial charge is 0.337 e. The molecule has 19 heavy (non-hydrogen) atoms. The van der Waals surface area contributed by atoms with Crippen LogP contribution in [0.1, 0.15) is 23.2 Å². The predicted molar refractivity (Wildman–Crippen MR) is 68.5 cm³/mol. The number of carboxylic acids is 1. The first-order chi connectivity index (χ1) is 9.08. The lowest BCUT2D eigenvalue weighted by Crippen LogP contribution is -2.37. The summed E-state index contributed by atoms with van der Waals surface area (Å²) in [6, 6.07) is 4.64. The van der Waals surface area contributed by atoms with Gasteiger partial charge in [-0.3, -0.25) is 9.59 Å². The Morgan fingerprint density at radius 2 is 2.11 bits per heavy atom. The zero-order valence-corrected chi connectivity index (χ0v) is 10.0. The van der Waals surface area contributed by atoms with E-state index in [1.165, 1.54) is 10.6 Å². The zero-order chi connectivity index (χ0) is 13.6. The molecule has 1 saturated carbocycles. The van der Waals surface area contributed by atoms with E-state index in [0.717, 1.165) is 12.8 Å². The number of carboxylic acid groups (broad SMARTS) is 1. The van der Waals surface area contributed by atoms with Crippen LogP contribution in [0.15, 0.2) is 27.8 Å². The lowest BCUT2D eigenvalue weighted by Gasteiger charge is -2.10. The third-order valence-electron chi connectivity index (χ3n) is 3.38. The van der Waals surface area contributed by atoms with Gasteiger partial charge in [0.25, 0.3) is 0 Å². The van der Waals surface area contributed by atoms with E-state index in [1.807, 2.05) is 0 Å². The van der Waals surface area contributed by atoms with Gasteiger partial charge in [-0.1, -0.05) is 6.07 Å². The van der Waals surface area contributed by atoms with Crippen molar-refractivity contribution in [2.45, 2.75) is 19.4 Å². The summed E-state index contributed by atoms with van der Waals surface area (Å²) in [5.74, 6) is -0.714. The molecule has 98 valence electrons. The molecule has 0 aliphatic heterocycles. The van der Waals surface area contributed by atoms with Crippen molar-refractivity contribution >= 4 is 17.0 Å². The number of carbonyl (C=O) groups is 1. The minimum atomic E-state index is -1.13. The highest BCUT2D eigenvalue weighted by molar-refractivity contribution is 6.00. The topological polar surface area (TPSA) is 92.2 Å². The van der Waals surface area contributed by atoms with Gasteiger partial charge in [-0.05, 0) is 30.9 Å². The molecule has 1 aliphatic rings. The predicted octanol–water partition coefficient (Wildman–Crippen LogP) is 0.798. The summed E-state index contributed by atoms with van der Waals surface area (Å²) in [5.41, 5.74) is -0.723. The maximum Gasteiger partial charge on any atom is 0.337 e. The first kappa shape index (κ1) is 11.7. The molecule has 1 aromatic carbocycles. The van der Waals surface area contributed by atoms with Crippen LogP contribution in [-0.4, -0.2) is 20.6 Å². The maximum atomic E-state index is 11.9. The summed E-state index contributed by atoms with van der Waals surface area (Å²) in [7, 11) is 0. The van der Waals surface area contributed by atoms with Crippen molar-refractivity contribution in [1.82, 2.24) is 9.55 Å². The summed E-state index contributed by atoms with van der Waals surface area (Å²) in [6.45, 7) is 0.475. The van der Waals surface area contributed by atoms with Gasteiger partial charge in [0.1, 0.15) is 0 Å². The Morgan fingerprint density at radius 1 is 1.37 bits per heavy atom. The van der Waals surface area contributed by atoms with Gasteiger partial charge in [0.05, 0.1) is 16.6 Å². The lowest BCUT2D eigenvalue weighted by molar-refractivity contribution is 0.0699. The van der Waals surface area contributed by atoms with Crippen molar-refractivity contribution in [3.63, 3.8) is 0 Å². The Bertz CT molecular complexity index is 783. The first-order valence-electron chi connectivity index (χ1n) is 6.07. The second-order valence-corrected chi connectivity index (χ2v) is 4.82. The van der Waals surface area contributed by atoms with Crippen LogP contribution in [0.5, 0.6) is 0 Å². The van der Waals surface area contributed by atoms with Crippen LogP contribution in [0.4, 0.5) is 0 Å². The molecule has 0 saturated heterocycles. The molecule has 0 amide bonds. The summed E-state index contributed by atoms with van der Waals surface area (Å²) >= 11 is 0. The number of nitrogens with one attached hydrogen (secondary N) is 1. The molecule has 0 radical (unpaired) electrons. The number of aromatic amines is 1. The number of H-pyrrole nitrogens is 1. The molecule has 0 unspecified atom stereocenters. The van der Waals surface area contributed by atoms with Crippen LogP contribution in [0.25, 0.3) is 11.0 Å². The van der Waals surface area contributed by atoms with Gasteiger partial charge >= 0.3 is 17.1 Å². The molecule has 2 aromatic rings. The van der Waals surface area contributed by atoms with E-state index in [9.17, 15) is 14.4 Å². The van der Waals surface area contributed by atoms with Crippen molar-refractivity contribution < 1.29 is 9.90 Å². The number of benzene rings is 1. The number of fused-ring (bicyclic) bond motifs is 1. The molecule has 1 aliphatic carbocycles. The number of para-hydroxylation sites is 1. The third kappa shape index (κ3) is 1.95. The summed E-state index contributed by atoms with van der Waals surface area (Å²) in [5, 5.41) is 9.12. The Kier molecular flexibility index (Phi) is 2.51. The quantitative estimate of drug-likeness (QED) is 0.798. The molecular weight excluding hydrogens is 248 g/mol. The SMILES string of the molecule is O=C(O)c1cccc2c1[nH]c(=O)c(=O)n2CC1CC1. The van der Waals surface area contributed by atoms with E-state index in [0.29, 0.717) is 18.0 Å². The maximum absolute atomic E-state index is 11.9. The number of aromatic carboxylic acids is 1. The second-order valence-electron chi connectivity index (χ2n) is 4.82. The second kappa shape index (κ2) is 4.08. The fourth-order valence-corrected chi connectivity index (χ4v) is 2.21. The number of rotatable bonds is 3. The van der Waals surface area contributed by atoms with Crippen LogP contribution in [0.3, 0.4) is 0 Å². The fourth-order valence-electron chi connectivity index (χ4n) is 2.21. The number of hydrogen-bond acceptors (Lipinski definition) is 3. The van der Waals surface area contributed by atoms with Crippen LogP contribution in [0.2, 0.25) is 0 Å². The average Bonchev–Trinajstić information content (AvgIpc) is 3.18. The molecule has 3 rings (SSSR count). The van der Waals surface area contributed by atoms with Gasteiger partial charge in [0.15, 0.2) is 0 Å². The fraction of sp³-hybridized carbons (Fsp3) is 0.308. The van der Waals surface area contributed by atoms with Gasteiger partial charge in [-0.25, -0.2) is 4.79 Å². The van der Waals surface area contributed by atoms with Crippen molar-refractivity contribution in [2.75, 3.05) is 0 Å². The van der Waals surface area contributed by atoms with Crippen molar-refractivity contribution in [2.24, 2.45) is 5.92 Å². The van der Waals surface area contributed by atoms with Gasteiger partial charge in [0, 0.05) is 6.54 Å². The van der Waals surface area contributed by atoms with E-state index < -0.39 is 17.1 Å². The minimum absolute atomic E-state index is 0.000790. The third-order valence-corrected chi connectivity index (χ3v) is 3.38. The first-order valence-corrected chi connectivity index (χ1v) is 6.07. The van der Waals surface area contributed by atoms with Crippen LogP contribution in [0, 0.1) is 5.92 Å². The largest absolute Gasteiger partial charge is 0.478 e. The Morgan fingerprint density at radius 3 is 2.74 bits per heavy atom. The lowest BCUT2D eigenvalue weighted by atomic mass is 10.1. The Balaban J connectivity index is 2.36. The summed E-state index contributed by atoms with van der Waals surface area (Å²) in [4.78, 5) is 37.1. The molecule has 0 atom stereocenters. The van der Waals surface area contributed by atoms with Gasteiger partial charge in [-0.15, -0.1) is 0 Å². The molecule has 1 fully saturated rings. The van der Waals surface area contributed by atoms with Crippen LogP contribution < -0.4 is 11.1 Å². The van der Waals surface area contributed by atoms with E-state index in [4.69, 9.17) is 5.11 Å². The standard InChI is InChI=1S/C13H12N2O4/c16-11-12(17)15(6-7-4-5-7)9-3-1-2-8(13(18)19)10(9)14-11/h1-3,7H,4-6H2,(H,14,16)(H,18,19). The number of hydrogen-bond donors (Lipinski definition) is 2. The highest BCUT2D eigenvalue weighted by Gasteiger charge is 2.24. The molecule has 1 heterocycles. The van der Waals surface area contributed by atoms with E-state index in [2.05, 4.69) is 4.98 Å². The number of nitrogens with zero attached hydrogens (tertiary/aromatic N) is 1. The highest BCUT2D eigenvalue weighted by Crippen LogP contribution is 2.30. The van der Waals surface area contributed by atoms with Crippen LogP contribution >= 0.6 is 0 Å². The van der Waals surface area contributed by atoms with Crippen LogP contribution in [-0.2, 0) is 6.54 Å². The number of aromatic nitrogens is 2. The summed E-state index contributed by atoms with van der Waals surface area (Å²) in [6.07, 6.45) is 2.08.